The zero-order valence-electron chi connectivity index (χ0n) is 8.14. The number of amides is 1. The molecule has 0 aliphatic rings. The maximum absolute atomic E-state index is 11.4. The molecule has 0 aliphatic heterocycles. The van der Waals surface area contributed by atoms with Gasteiger partial charge >= 0.3 is 0 Å². The molecule has 1 N–H and O–H groups in total. The molecule has 0 saturated carbocycles. The fourth-order valence-corrected chi connectivity index (χ4v) is 1.04. The molecule has 0 heterocycles. The Hall–Kier alpha value is -2.04. The highest BCUT2D eigenvalue weighted by Crippen LogP contribution is 2.06. The van der Waals surface area contributed by atoms with Crippen LogP contribution in [0.1, 0.15) is 6.92 Å². The minimum Gasteiger partial charge on any atom is -0.324 e. The fraction of sp³-hybridized carbons (Fsp3) is 0.200. The molecule has 15 heavy (non-hydrogen) atoms. The van der Waals surface area contributed by atoms with E-state index in [1.807, 2.05) is 0 Å². The van der Waals surface area contributed by atoms with Crippen molar-refractivity contribution in [1.82, 2.24) is 0 Å². The standard InChI is InChI=1S/C10H10N2O3/c1-7(13)9(12-15)10(14)11-8-5-3-2-4-6-8/h2-6,9H,1H3,(H,11,14). The molecule has 0 aromatic heterocycles. The van der Waals surface area contributed by atoms with E-state index in [9.17, 15) is 14.5 Å². The van der Waals surface area contributed by atoms with Crippen LogP contribution in [0.5, 0.6) is 0 Å². The van der Waals surface area contributed by atoms with Gasteiger partial charge in [-0.15, -0.1) is 4.91 Å². The molecule has 0 aliphatic carbocycles. The summed E-state index contributed by atoms with van der Waals surface area (Å²) in [6, 6.07) is 7.08. The number of hydrogen-bond acceptors (Lipinski definition) is 4. The van der Waals surface area contributed by atoms with Gasteiger partial charge in [0.1, 0.15) is 0 Å². The second kappa shape index (κ2) is 4.99. The van der Waals surface area contributed by atoms with Crippen LogP contribution in [0.25, 0.3) is 0 Å². The van der Waals surface area contributed by atoms with Gasteiger partial charge in [-0.25, -0.2) is 0 Å². The molecule has 0 saturated heterocycles. The Morgan fingerprint density at radius 2 is 1.87 bits per heavy atom. The third-order valence-corrected chi connectivity index (χ3v) is 1.78. The Kier molecular flexibility index (Phi) is 3.68. The molecule has 1 atom stereocenters. The normalized spacial score (nSPS) is 11.5. The first kappa shape index (κ1) is 11.0. The van der Waals surface area contributed by atoms with Crippen molar-refractivity contribution in [3.63, 3.8) is 0 Å². The summed E-state index contributed by atoms with van der Waals surface area (Å²) in [4.78, 5) is 32.5. The Bertz CT molecular complexity index is 376. The number of nitrogens with one attached hydrogen (secondary N) is 1. The van der Waals surface area contributed by atoms with Crippen molar-refractivity contribution in [3.05, 3.63) is 35.2 Å². The predicted molar refractivity (Wildman–Crippen MR) is 55.3 cm³/mol. The lowest BCUT2D eigenvalue weighted by Gasteiger charge is -2.06. The van der Waals surface area contributed by atoms with Gasteiger partial charge in [0.15, 0.2) is 5.78 Å². The average Bonchev–Trinajstić information content (AvgIpc) is 2.19. The number of nitroso groups, excluding NO2 is 1. The molecule has 78 valence electrons. The van der Waals surface area contributed by atoms with Crippen LogP contribution in [0.3, 0.4) is 0 Å². The second-order valence-corrected chi connectivity index (χ2v) is 2.97. The smallest absolute Gasteiger partial charge is 0.260 e. The molecule has 1 aromatic carbocycles. The molecule has 1 rings (SSSR count). The molecular weight excluding hydrogens is 196 g/mol. The number of para-hydroxylation sites is 1. The predicted octanol–water partition coefficient (Wildman–Crippen LogP) is 1.35. The Morgan fingerprint density at radius 3 is 2.33 bits per heavy atom. The van der Waals surface area contributed by atoms with E-state index >= 15 is 0 Å². The third-order valence-electron chi connectivity index (χ3n) is 1.78. The Balaban J connectivity index is 2.71. The van der Waals surface area contributed by atoms with E-state index < -0.39 is 17.7 Å². The van der Waals surface area contributed by atoms with Crippen LogP contribution in [0, 0.1) is 4.91 Å². The van der Waals surface area contributed by atoms with Crippen molar-refractivity contribution in [3.8, 4) is 0 Å². The van der Waals surface area contributed by atoms with E-state index in [2.05, 4.69) is 10.5 Å². The maximum Gasteiger partial charge on any atom is 0.260 e. The molecule has 0 fully saturated rings. The molecule has 5 heteroatoms. The van der Waals surface area contributed by atoms with E-state index in [1.54, 1.807) is 30.3 Å². The molecule has 1 amide bonds. The van der Waals surface area contributed by atoms with E-state index in [-0.39, 0.29) is 0 Å². The van der Waals surface area contributed by atoms with Gasteiger partial charge in [0, 0.05) is 5.69 Å². The second-order valence-electron chi connectivity index (χ2n) is 2.97. The number of Topliss-reactive ketones (excluding diaryl/α,β-unsaturated/α-hetero) is 1. The van der Waals surface area contributed by atoms with Crippen LogP contribution in [0.15, 0.2) is 35.5 Å². The number of carbonyl (C=O) groups excluding carboxylic acids is 2. The van der Waals surface area contributed by atoms with Gasteiger partial charge in [0.25, 0.3) is 5.91 Å². The molecule has 1 aromatic rings. The van der Waals surface area contributed by atoms with Crippen LogP contribution in [-0.4, -0.2) is 17.7 Å². The van der Waals surface area contributed by atoms with Crippen LogP contribution in [0.4, 0.5) is 5.69 Å². The number of hydrogen-bond donors (Lipinski definition) is 1. The summed E-state index contributed by atoms with van der Waals surface area (Å²) in [5, 5.41) is 4.89. The summed E-state index contributed by atoms with van der Waals surface area (Å²) in [7, 11) is 0. The summed E-state index contributed by atoms with van der Waals surface area (Å²) < 4.78 is 0. The molecule has 0 radical (unpaired) electrons. The first-order chi connectivity index (χ1) is 7.15. The van der Waals surface area contributed by atoms with E-state index in [4.69, 9.17) is 0 Å². The van der Waals surface area contributed by atoms with Crippen molar-refractivity contribution in [1.29, 1.82) is 0 Å². The highest BCUT2D eigenvalue weighted by Gasteiger charge is 2.23. The number of carbonyl (C=O) groups is 2. The van der Waals surface area contributed by atoms with Crippen molar-refractivity contribution >= 4 is 17.4 Å². The molecule has 1 unspecified atom stereocenters. The molecular formula is C10H10N2O3. The average molecular weight is 206 g/mol. The van der Waals surface area contributed by atoms with Crippen LogP contribution in [-0.2, 0) is 9.59 Å². The zero-order valence-corrected chi connectivity index (χ0v) is 8.14. The third kappa shape index (κ3) is 2.98. The van der Waals surface area contributed by atoms with Crippen LogP contribution < -0.4 is 5.32 Å². The van der Waals surface area contributed by atoms with E-state index in [0.717, 1.165) is 6.92 Å². The first-order valence-corrected chi connectivity index (χ1v) is 4.34. The Labute approximate surface area is 86.5 Å². The number of anilines is 1. The van der Waals surface area contributed by atoms with E-state index in [0.29, 0.717) is 5.69 Å². The van der Waals surface area contributed by atoms with Crippen molar-refractivity contribution < 1.29 is 9.59 Å². The van der Waals surface area contributed by atoms with Crippen molar-refractivity contribution in [2.24, 2.45) is 5.18 Å². The van der Waals surface area contributed by atoms with Gasteiger partial charge < -0.3 is 5.32 Å². The highest BCUT2D eigenvalue weighted by atomic mass is 16.3. The first-order valence-electron chi connectivity index (χ1n) is 4.34. The van der Waals surface area contributed by atoms with E-state index in [1.165, 1.54) is 0 Å². The topological polar surface area (TPSA) is 75.6 Å². The van der Waals surface area contributed by atoms with Crippen molar-refractivity contribution in [2.45, 2.75) is 13.0 Å². The zero-order chi connectivity index (χ0) is 11.3. The number of ketones is 1. The van der Waals surface area contributed by atoms with Crippen molar-refractivity contribution in [2.75, 3.05) is 5.32 Å². The molecule has 5 nitrogen and oxygen atoms in total. The van der Waals surface area contributed by atoms with Crippen LogP contribution in [0.2, 0.25) is 0 Å². The monoisotopic (exact) mass is 206 g/mol. The van der Waals surface area contributed by atoms with Gasteiger partial charge in [-0.3, -0.25) is 9.59 Å². The van der Waals surface area contributed by atoms with Gasteiger partial charge in [0.05, 0.1) is 0 Å². The van der Waals surface area contributed by atoms with Gasteiger partial charge in [-0.1, -0.05) is 18.2 Å². The summed E-state index contributed by atoms with van der Waals surface area (Å²) in [5.41, 5.74) is 0.525. The van der Waals surface area contributed by atoms with Crippen LogP contribution >= 0.6 is 0 Å². The SMILES string of the molecule is CC(=O)C(N=O)C(=O)Nc1ccccc1. The number of rotatable bonds is 4. The summed E-state index contributed by atoms with van der Waals surface area (Å²) >= 11 is 0. The largest absolute Gasteiger partial charge is 0.324 e. The maximum atomic E-state index is 11.4. The lowest BCUT2D eigenvalue weighted by Crippen LogP contribution is -2.31. The number of nitrogens with zero attached hydrogens (tertiary/aromatic N) is 1. The molecule has 0 spiro atoms. The summed E-state index contributed by atoms with van der Waals surface area (Å²) in [6.07, 6.45) is 0. The minimum atomic E-state index is -1.47. The molecule has 0 bridgehead atoms. The lowest BCUT2D eigenvalue weighted by molar-refractivity contribution is -0.126. The van der Waals surface area contributed by atoms with Gasteiger partial charge in [0.2, 0.25) is 6.04 Å². The quantitative estimate of drug-likeness (QED) is 0.596. The Morgan fingerprint density at radius 1 is 1.27 bits per heavy atom. The summed E-state index contributed by atoms with van der Waals surface area (Å²) in [6.45, 7) is 1.15. The minimum absolute atomic E-state index is 0.525. The number of benzene rings is 1. The fourth-order valence-electron chi connectivity index (χ4n) is 1.04. The van der Waals surface area contributed by atoms with Gasteiger partial charge in [-0.05, 0) is 24.2 Å². The lowest BCUT2D eigenvalue weighted by atomic mass is 10.2. The summed E-state index contributed by atoms with van der Waals surface area (Å²) in [5.74, 6) is -1.28. The van der Waals surface area contributed by atoms with Gasteiger partial charge in [-0.2, -0.15) is 0 Å². The highest BCUT2D eigenvalue weighted by molar-refractivity contribution is 6.10.